The number of carbonyl (C=O) groups excluding carboxylic acids is 1. The lowest BCUT2D eigenvalue weighted by Crippen LogP contribution is -2.36. The zero-order valence-corrected chi connectivity index (χ0v) is 10.7. The fourth-order valence-corrected chi connectivity index (χ4v) is 1.71. The first-order chi connectivity index (χ1) is 8.22. The van der Waals surface area contributed by atoms with Crippen molar-refractivity contribution < 1.29 is 9.53 Å². The van der Waals surface area contributed by atoms with Gasteiger partial charge in [-0.25, -0.2) is 0 Å². The normalized spacial score (nSPS) is 12.2. The first-order valence-corrected chi connectivity index (χ1v) is 5.96. The number of hydrogen-bond acceptors (Lipinski definition) is 4. The summed E-state index contributed by atoms with van der Waals surface area (Å²) in [6.45, 7) is 4.64. The summed E-state index contributed by atoms with van der Waals surface area (Å²) in [6, 6.07) is 3.73. The molecule has 4 nitrogen and oxygen atoms in total. The van der Waals surface area contributed by atoms with Crippen LogP contribution in [-0.4, -0.2) is 24.1 Å². The SMILES string of the molecule is CCc1cccnc1CNC(CC)C(=O)OC. The van der Waals surface area contributed by atoms with Crippen molar-refractivity contribution in [3.05, 3.63) is 29.6 Å². The number of aromatic nitrogens is 1. The predicted molar refractivity (Wildman–Crippen MR) is 66.5 cm³/mol. The van der Waals surface area contributed by atoms with E-state index in [0.717, 1.165) is 12.1 Å². The molecule has 1 aromatic rings. The minimum absolute atomic E-state index is 0.221. The number of rotatable bonds is 6. The van der Waals surface area contributed by atoms with Gasteiger partial charge in [-0.15, -0.1) is 0 Å². The highest BCUT2D eigenvalue weighted by molar-refractivity contribution is 5.75. The Hall–Kier alpha value is -1.42. The topological polar surface area (TPSA) is 51.2 Å². The van der Waals surface area contributed by atoms with Crippen LogP contribution in [0.1, 0.15) is 31.5 Å². The van der Waals surface area contributed by atoms with Gasteiger partial charge in [0.25, 0.3) is 0 Å². The van der Waals surface area contributed by atoms with Crippen molar-refractivity contribution in [2.75, 3.05) is 7.11 Å². The molecule has 0 saturated carbocycles. The number of aryl methyl sites for hydroxylation is 1. The smallest absolute Gasteiger partial charge is 0.322 e. The standard InChI is InChI=1S/C13H20N2O2/c1-4-10-7-6-8-14-12(10)9-15-11(5-2)13(16)17-3/h6-8,11,15H,4-5,9H2,1-3H3. The molecule has 0 aliphatic heterocycles. The van der Waals surface area contributed by atoms with Crippen molar-refractivity contribution in [1.29, 1.82) is 0 Å². The van der Waals surface area contributed by atoms with Crippen molar-refractivity contribution in [3.8, 4) is 0 Å². The van der Waals surface area contributed by atoms with E-state index in [1.807, 2.05) is 13.0 Å². The van der Waals surface area contributed by atoms with Crippen LogP contribution in [0.2, 0.25) is 0 Å². The summed E-state index contributed by atoms with van der Waals surface area (Å²) in [5.74, 6) is -0.221. The highest BCUT2D eigenvalue weighted by atomic mass is 16.5. The van der Waals surface area contributed by atoms with Gasteiger partial charge in [0, 0.05) is 12.7 Å². The van der Waals surface area contributed by atoms with Crippen LogP contribution in [0, 0.1) is 0 Å². The van der Waals surface area contributed by atoms with Crippen molar-refractivity contribution >= 4 is 5.97 Å². The molecule has 1 N–H and O–H groups in total. The molecule has 0 radical (unpaired) electrons. The van der Waals surface area contributed by atoms with Crippen molar-refractivity contribution in [1.82, 2.24) is 10.3 Å². The van der Waals surface area contributed by atoms with E-state index in [9.17, 15) is 4.79 Å². The molecule has 4 heteroatoms. The van der Waals surface area contributed by atoms with Gasteiger partial charge in [0.05, 0.1) is 12.8 Å². The highest BCUT2D eigenvalue weighted by Crippen LogP contribution is 2.06. The van der Waals surface area contributed by atoms with Crippen LogP contribution < -0.4 is 5.32 Å². The summed E-state index contributed by atoms with van der Waals surface area (Å²) >= 11 is 0. The third-order valence-corrected chi connectivity index (χ3v) is 2.78. The second kappa shape index (κ2) is 7.01. The molecule has 1 aromatic heterocycles. The van der Waals surface area contributed by atoms with Gasteiger partial charge in [-0.3, -0.25) is 15.1 Å². The summed E-state index contributed by atoms with van der Waals surface area (Å²) in [6.07, 6.45) is 3.43. The average molecular weight is 236 g/mol. The van der Waals surface area contributed by atoms with E-state index in [4.69, 9.17) is 4.74 Å². The molecule has 0 amide bonds. The van der Waals surface area contributed by atoms with E-state index in [1.165, 1.54) is 12.7 Å². The summed E-state index contributed by atoms with van der Waals surface area (Å²) in [7, 11) is 1.41. The van der Waals surface area contributed by atoms with Crippen molar-refractivity contribution in [2.45, 2.75) is 39.3 Å². The Morgan fingerprint density at radius 3 is 2.88 bits per heavy atom. The monoisotopic (exact) mass is 236 g/mol. The van der Waals surface area contributed by atoms with Crippen LogP contribution >= 0.6 is 0 Å². The van der Waals surface area contributed by atoms with Crippen LogP contribution in [0.25, 0.3) is 0 Å². The van der Waals surface area contributed by atoms with Crippen LogP contribution in [0.5, 0.6) is 0 Å². The molecule has 0 saturated heterocycles. The second-order valence-corrected chi connectivity index (χ2v) is 3.83. The molecule has 0 fully saturated rings. The molecule has 94 valence electrons. The van der Waals surface area contributed by atoms with E-state index >= 15 is 0 Å². The van der Waals surface area contributed by atoms with Gasteiger partial charge in [0.2, 0.25) is 0 Å². The Bertz CT molecular complexity index is 366. The number of carbonyl (C=O) groups is 1. The zero-order valence-electron chi connectivity index (χ0n) is 10.7. The van der Waals surface area contributed by atoms with Gasteiger partial charge in [-0.05, 0) is 24.5 Å². The molecular formula is C13H20N2O2. The maximum absolute atomic E-state index is 11.4. The number of ether oxygens (including phenoxy) is 1. The summed E-state index contributed by atoms with van der Waals surface area (Å²) < 4.78 is 4.73. The molecule has 1 rings (SSSR count). The molecule has 1 heterocycles. The molecule has 1 unspecified atom stereocenters. The minimum Gasteiger partial charge on any atom is -0.468 e. The fraction of sp³-hybridized carbons (Fsp3) is 0.538. The van der Waals surface area contributed by atoms with Crippen LogP contribution in [0.4, 0.5) is 0 Å². The lowest BCUT2D eigenvalue weighted by atomic mass is 10.1. The van der Waals surface area contributed by atoms with Gasteiger partial charge in [-0.1, -0.05) is 19.9 Å². The van der Waals surface area contributed by atoms with Gasteiger partial charge in [0.15, 0.2) is 0 Å². The Kier molecular flexibility index (Phi) is 5.63. The number of methoxy groups -OCH3 is 1. The Morgan fingerprint density at radius 2 is 2.29 bits per heavy atom. The van der Waals surface area contributed by atoms with E-state index in [0.29, 0.717) is 13.0 Å². The number of nitrogens with one attached hydrogen (secondary N) is 1. The molecule has 0 bridgehead atoms. The number of pyridine rings is 1. The van der Waals surface area contributed by atoms with Gasteiger partial charge < -0.3 is 4.74 Å². The van der Waals surface area contributed by atoms with Gasteiger partial charge in [0.1, 0.15) is 6.04 Å². The molecule has 0 aliphatic rings. The summed E-state index contributed by atoms with van der Waals surface area (Å²) in [4.78, 5) is 15.7. The quantitative estimate of drug-likeness (QED) is 0.764. The Balaban J connectivity index is 2.62. The molecule has 1 atom stereocenters. The number of hydrogen-bond donors (Lipinski definition) is 1. The van der Waals surface area contributed by atoms with Gasteiger partial charge >= 0.3 is 5.97 Å². The highest BCUT2D eigenvalue weighted by Gasteiger charge is 2.16. The van der Waals surface area contributed by atoms with Gasteiger partial charge in [-0.2, -0.15) is 0 Å². The van der Waals surface area contributed by atoms with E-state index in [2.05, 4.69) is 23.3 Å². The van der Waals surface area contributed by atoms with Crippen LogP contribution in [0.3, 0.4) is 0 Å². The average Bonchev–Trinajstić information content (AvgIpc) is 2.39. The van der Waals surface area contributed by atoms with E-state index in [1.54, 1.807) is 6.20 Å². The van der Waals surface area contributed by atoms with Crippen molar-refractivity contribution in [2.24, 2.45) is 0 Å². The molecule has 0 aromatic carbocycles. The first-order valence-electron chi connectivity index (χ1n) is 5.96. The minimum atomic E-state index is -0.258. The third-order valence-electron chi connectivity index (χ3n) is 2.78. The Morgan fingerprint density at radius 1 is 1.53 bits per heavy atom. The first kappa shape index (κ1) is 13.6. The largest absolute Gasteiger partial charge is 0.468 e. The fourth-order valence-electron chi connectivity index (χ4n) is 1.71. The van der Waals surface area contributed by atoms with Crippen LogP contribution in [0.15, 0.2) is 18.3 Å². The number of nitrogens with zero attached hydrogens (tertiary/aromatic N) is 1. The van der Waals surface area contributed by atoms with Crippen LogP contribution in [-0.2, 0) is 22.5 Å². The molecule has 0 spiro atoms. The maximum Gasteiger partial charge on any atom is 0.322 e. The predicted octanol–water partition coefficient (Wildman–Crippen LogP) is 1.69. The van der Waals surface area contributed by atoms with E-state index in [-0.39, 0.29) is 12.0 Å². The Labute approximate surface area is 102 Å². The second-order valence-electron chi connectivity index (χ2n) is 3.83. The number of esters is 1. The molecule has 0 aliphatic carbocycles. The zero-order chi connectivity index (χ0) is 12.7. The third kappa shape index (κ3) is 3.82. The van der Waals surface area contributed by atoms with E-state index < -0.39 is 0 Å². The summed E-state index contributed by atoms with van der Waals surface area (Å²) in [5.41, 5.74) is 2.21. The summed E-state index contributed by atoms with van der Waals surface area (Å²) in [5, 5.41) is 3.17. The molecular weight excluding hydrogens is 216 g/mol. The maximum atomic E-state index is 11.4. The molecule has 17 heavy (non-hydrogen) atoms. The lowest BCUT2D eigenvalue weighted by molar-refractivity contribution is -0.143. The van der Waals surface area contributed by atoms with Crippen molar-refractivity contribution in [3.63, 3.8) is 0 Å². The lowest BCUT2D eigenvalue weighted by Gasteiger charge is -2.15.